The van der Waals surface area contributed by atoms with Gasteiger partial charge in [0.2, 0.25) is 0 Å². The predicted molar refractivity (Wildman–Crippen MR) is 78.7 cm³/mol. The van der Waals surface area contributed by atoms with E-state index in [1.807, 2.05) is 0 Å². The maximum Gasteiger partial charge on any atom is 0.183 e. The van der Waals surface area contributed by atoms with Gasteiger partial charge in [0.15, 0.2) is 9.84 Å². The van der Waals surface area contributed by atoms with Gasteiger partial charge in [-0.2, -0.15) is 0 Å². The normalized spacial score (nSPS) is 11.5. The largest absolute Gasteiger partial charge is 0.399 e. The summed E-state index contributed by atoms with van der Waals surface area (Å²) in [5.41, 5.74) is 6.60. The van der Waals surface area contributed by atoms with E-state index in [0.717, 1.165) is 0 Å². The minimum atomic E-state index is -3.50. The Morgan fingerprint density at radius 1 is 1.32 bits per heavy atom. The number of benzene rings is 1. The van der Waals surface area contributed by atoms with Crippen molar-refractivity contribution < 1.29 is 8.42 Å². The lowest BCUT2D eigenvalue weighted by atomic mass is 10.3. The number of hydrogen-bond acceptors (Lipinski definition) is 4. The first-order valence-electron chi connectivity index (χ1n) is 5.26. The van der Waals surface area contributed by atoms with Gasteiger partial charge in [0.05, 0.1) is 15.7 Å². The number of aromatic nitrogens is 1. The topological polar surface area (TPSA) is 73.1 Å². The zero-order valence-electron chi connectivity index (χ0n) is 9.68. The molecule has 4 nitrogen and oxygen atoms in total. The highest BCUT2D eigenvalue weighted by Crippen LogP contribution is 2.28. The number of hydrogen-bond donors (Lipinski definition) is 1. The summed E-state index contributed by atoms with van der Waals surface area (Å²) in [6.07, 6.45) is 2.93. The third-order valence-electron chi connectivity index (χ3n) is 2.49. The summed E-state index contributed by atoms with van der Waals surface area (Å²) in [5, 5.41) is 0.331. The molecule has 2 rings (SSSR count). The molecule has 0 atom stereocenters. The summed E-state index contributed by atoms with van der Waals surface area (Å²) < 4.78 is 25.1. The molecule has 2 aromatic rings. The lowest BCUT2D eigenvalue weighted by Gasteiger charge is -2.08. The number of nitrogens with zero attached hydrogens (tertiary/aromatic N) is 1. The van der Waals surface area contributed by atoms with Crippen LogP contribution in [0.5, 0.6) is 0 Å². The van der Waals surface area contributed by atoms with E-state index in [1.165, 1.54) is 18.5 Å². The van der Waals surface area contributed by atoms with Gasteiger partial charge in [-0.15, -0.1) is 0 Å². The van der Waals surface area contributed by atoms with Crippen molar-refractivity contribution >= 4 is 43.1 Å². The van der Waals surface area contributed by atoms with Crippen LogP contribution in [-0.4, -0.2) is 13.4 Å². The van der Waals surface area contributed by atoms with Crippen molar-refractivity contribution in [3.8, 4) is 0 Å². The summed E-state index contributed by atoms with van der Waals surface area (Å²) in [5.74, 6) is -0.184. The Hall–Kier alpha value is -1.11. The first-order valence-corrected chi connectivity index (χ1v) is 8.08. The van der Waals surface area contributed by atoms with Gasteiger partial charge in [0.25, 0.3) is 0 Å². The summed E-state index contributed by atoms with van der Waals surface area (Å²) in [6, 6.07) is 6.17. The molecule has 19 heavy (non-hydrogen) atoms. The molecule has 0 radical (unpaired) electrons. The number of nitrogen functional groups attached to an aromatic ring is 1. The first kappa shape index (κ1) is 14.3. The lowest BCUT2D eigenvalue weighted by Crippen LogP contribution is -2.06. The van der Waals surface area contributed by atoms with Crippen LogP contribution >= 0.6 is 27.5 Å². The molecule has 0 saturated carbocycles. The molecule has 0 spiro atoms. The second kappa shape index (κ2) is 5.48. The molecule has 0 aliphatic rings. The highest BCUT2D eigenvalue weighted by Gasteiger charge is 2.19. The quantitative estimate of drug-likeness (QED) is 0.853. The number of pyridine rings is 1. The van der Waals surface area contributed by atoms with E-state index in [1.54, 1.807) is 18.2 Å². The molecule has 1 heterocycles. The van der Waals surface area contributed by atoms with Gasteiger partial charge in [-0.1, -0.05) is 11.6 Å². The molecular weight excluding hydrogens is 352 g/mol. The first-order chi connectivity index (χ1) is 8.90. The molecule has 0 aliphatic carbocycles. The Kier molecular flexibility index (Phi) is 4.13. The number of anilines is 1. The molecule has 7 heteroatoms. The van der Waals surface area contributed by atoms with Crippen molar-refractivity contribution in [2.45, 2.75) is 10.6 Å². The van der Waals surface area contributed by atoms with Crippen molar-refractivity contribution in [3.05, 3.63) is 51.7 Å². The van der Waals surface area contributed by atoms with E-state index in [0.29, 0.717) is 20.7 Å². The van der Waals surface area contributed by atoms with Crippen LogP contribution < -0.4 is 5.73 Å². The Morgan fingerprint density at radius 3 is 2.68 bits per heavy atom. The van der Waals surface area contributed by atoms with E-state index in [9.17, 15) is 8.42 Å². The van der Waals surface area contributed by atoms with Crippen molar-refractivity contribution in [1.29, 1.82) is 0 Å². The molecule has 0 saturated heterocycles. The average Bonchev–Trinajstić information content (AvgIpc) is 2.31. The van der Waals surface area contributed by atoms with Gasteiger partial charge in [-0.25, -0.2) is 8.42 Å². The average molecular weight is 362 g/mol. The van der Waals surface area contributed by atoms with E-state index in [2.05, 4.69) is 20.9 Å². The highest BCUT2D eigenvalue weighted by atomic mass is 79.9. The predicted octanol–water partition coefficient (Wildman–Crippen LogP) is 3.05. The minimum Gasteiger partial charge on any atom is -0.399 e. The van der Waals surface area contributed by atoms with Crippen LogP contribution in [0.15, 0.2) is 46.0 Å². The van der Waals surface area contributed by atoms with E-state index in [-0.39, 0.29) is 10.6 Å². The molecule has 0 unspecified atom stereocenters. The van der Waals surface area contributed by atoms with Gasteiger partial charge in [0, 0.05) is 22.6 Å². The Bertz CT molecular complexity index is 719. The van der Waals surface area contributed by atoms with Crippen LogP contribution in [0.2, 0.25) is 5.02 Å². The molecule has 100 valence electrons. The maximum atomic E-state index is 12.3. The van der Waals surface area contributed by atoms with Crippen LogP contribution in [-0.2, 0) is 15.6 Å². The van der Waals surface area contributed by atoms with Crippen LogP contribution in [0.3, 0.4) is 0 Å². The second-order valence-electron chi connectivity index (χ2n) is 3.92. The van der Waals surface area contributed by atoms with Gasteiger partial charge in [-0.3, -0.25) is 4.98 Å². The van der Waals surface area contributed by atoms with E-state index < -0.39 is 9.84 Å². The Balaban J connectivity index is 2.41. The van der Waals surface area contributed by atoms with Crippen molar-refractivity contribution in [3.63, 3.8) is 0 Å². The number of rotatable bonds is 3. The fourth-order valence-electron chi connectivity index (χ4n) is 1.57. The molecule has 0 aliphatic heterocycles. The monoisotopic (exact) mass is 360 g/mol. The van der Waals surface area contributed by atoms with E-state index >= 15 is 0 Å². The zero-order valence-corrected chi connectivity index (χ0v) is 12.8. The number of sulfone groups is 1. The molecule has 0 fully saturated rings. The second-order valence-corrected chi connectivity index (χ2v) is 7.14. The summed E-state index contributed by atoms with van der Waals surface area (Å²) in [6.45, 7) is 0. The Morgan fingerprint density at radius 2 is 2.05 bits per heavy atom. The minimum absolute atomic E-state index is 0.184. The molecule has 1 aromatic heterocycles. The molecule has 1 aromatic carbocycles. The van der Waals surface area contributed by atoms with E-state index in [4.69, 9.17) is 17.3 Å². The number of nitrogens with two attached hydrogens (primary N) is 1. The van der Waals surface area contributed by atoms with Gasteiger partial charge in [0.1, 0.15) is 0 Å². The van der Waals surface area contributed by atoms with Crippen LogP contribution in [0.25, 0.3) is 0 Å². The highest BCUT2D eigenvalue weighted by molar-refractivity contribution is 9.10. The van der Waals surface area contributed by atoms with Gasteiger partial charge < -0.3 is 5.73 Å². The van der Waals surface area contributed by atoms with Crippen LogP contribution in [0.4, 0.5) is 5.69 Å². The molecule has 0 bridgehead atoms. The van der Waals surface area contributed by atoms with Crippen LogP contribution in [0.1, 0.15) is 5.56 Å². The zero-order chi connectivity index (χ0) is 14.0. The number of halogens is 2. The third-order valence-corrected chi connectivity index (χ3v) is 5.47. The third kappa shape index (κ3) is 3.26. The summed E-state index contributed by atoms with van der Waals surface area (Å²) >= 11 is 9.13. The van der Waals surface area contributed by atoms with Crippen molar-refractivity contribution in [2.75, 3.05) is 5.73 Å². The standard InChI is InChI=1S/C12H10BrClN2O2S/c13-10-5-9(15)1-2-12(10)19(17,18)7-8-3-4-16-6-11(8)14/h1-6H,7,15H2. The van der Waals surface area contributed by atoms with Crippen LogP contribution in [0, 0.1) is 0 Å². The van der Waals surface area contributed by atoms with Crippen molar-refractivity contribution in [2.24, 2.45) is 0 Å². The SMILES string of the molecule is Nc1ccc(S(=O)(=O)Cc2ccncc2Cl)c(Br)c1. The molecular formula is C12H10BrClN2O2S. The summed E-state index contributed by atoms with van der Waals surface area (Å²) in [4.78, 5) is 4.01. The van der Waals surface area contributed by atoms with Gasteiger partial charge in [-0.05, 0) is 45.8 Å². The fraction of sp³-hybridized carbons (Fsp3) is 0.0833. The maximum absolute atomic E-state index is 12.3. The molecule has 2 N–H and O–H groups in total. The molecule has 0 amide bonds. The van der Waals surface area contributed by atoms with Crippen molar-refractivity contribution in [1.82, 2.24) is 4.98 Å². The smallest absolute Gasteiger partial charge is 0.183 e. The Labute approximate surface area is 124 Å². The fourth-order valence-corrected chi connectivity index (χ4v) is 4.42. The van der Waals surface area contributed by atoms with Gasteiger partial charge >= 0.3 is 0 Å². The summed E-state index contributed by atoms with van der Waals surface area (Å²) in [7, 11) is -3.50. The lowest BCUT2D eigenvalue weighted by molar-refractivity contribution is 0.595.